The molecule has 20 heavy (non-hydrogen) atoms. The first-order valence-electron chi connectivity index (χ1n) is 7.09. The second kappa shape index (κ2) is 7.83. The molecular weight excluding hydrogens is 280 g/mol. The first kappa shape index (κ1) is 17.2. The van der Waals surface area contributed by atoms with Gasteiger partial charge in [0, 0.05) is 32.4 Å². The largest absolute Gasteiger partial charge is 0.449 e. The van der Waals surface area contributed by atoms with E-state index in [4.69, 9.17) is 4.74 Å². The zero-order valence-corrected chi connectivity index (χ0v) is 13.5. The van der Waals surface area contributed by atoms with Crippen LogP contribution in [0, 0.1) is 5.92 Å². The smallest absolute Gasteiger partial charge is 0.409 e. The van der Waals surface area contributed by atoms with Gasteiger partial charge in [-0.3, -0.25) is 0 Å². The Labute approximate surface area is 122 Å². The van der Waals surface area contributed by atoms with Gasteiger partial charge in [0.15, 0.2) is 0 Å². The van der Waals surface area contributed by atoms with Crippen molar-refractivity contribution in [1.82, 2.24) is 9.80 Å². The lowest BCUT2D eigenvalue weighted by atomic mass is 10.2. The van der Waals surface area contributed by atoms with Gasteiger partial charge in [0.1, 0.15) is 9.84 Å². The minimum atomic E-state index is -2.93. The van der Waals surface area contributed by atoms with E-state index < -0.39 is 9.84 Å². The number of carbonyl (C=O) groups is 1. The van der Waals surface area contributed by atoms with Crippen LogP contribution in [0.5, 0.6) is 0 Å². The topological polar surface area (TPSA) is 66.9 Å². The standard InChI is InChI=1S/C13H26N2O4S/c1-12(2)11-19-13(16)15-6-4-5-14(7-8-15)9-10-20(3,17)18/h12H,4-11H2,1-3H3. The molecule has 1 heterocycles. The van der Waals surface area contributed by atoms with Crippen LogP contribution >= 0.6 is 0 Å². The number of carbonyl (C=O) groups excluding carboxylic acids is 1. The van der Waals surface area contributed by atoms with E-state index in [2.05, 4.69) is 4.90 Å². The fourth-order valence-corrected chi connectivity index (χ4v) is 2.59. The molecule has 0 aliphatic carbocycles. The molecule has 118 valence electrons. The summed E-state index contributed by atoms with van der Waals surface area (Å²) in [5, 5.41) is 0. The molecule has 1 aliphatic rings. The van der Waals surface area contributed by atoms with Gasteiger partial charge in [-0.05, 0) is 18.9 Å². The van der Waals surface area contributed by atoms with E-state index in [0.717, 1.165) is 13.0 Å². The molecule has 0 spiro atoms. The highest BCUT2D eigenvalue weighted by Crippen LogP contribution is 2.06. The van der Waals surface area contributed by atoms with Gasteiger partial charge in [-0.1, -0.05) is 13.8 Å². The molecule has 1 saturated heterocycles. The monoisotopic (exact) mass is 306 g/mol. The molecule has 6 nitrogen and oxygen atoms in total. The first-order valence-corrected chi connectivity index (χ1v) is 9.16. The second-order valence-corrected chi connectivity index (χ2v) is 8.04. The van der Waals surface area contributed by atoms with E-state index in [1.54, 1.807) is 4.90 Å². The number of hydrogen-bond acceptors (Lipinski definition) is 5. The van der Waals surface area contributed by atoms with E-state index >= 15 is 0 Å². The van der Waals surface area contributed by atoms with Crippen LogP contribution in [0.2, 0.25) is 0 Å². The third kappa shape index (κ3) is 7.09. The van der Waals surface area contributed by atoms with Gasteiger partial charge in [-0.15, -0.1) is 0 Å². The van der Waals surface area contributed by atoms with Crippen LogP contribution < -0.4 is 0 Å². The molecule has 0 aromatic heterocycles. The average Bonchev–Trinajstić information content (AvgIpc) is 2.58. The number of rotatable bonds is 5. The van der Waals surface area contributed by atoms with E-state index in [0.29, 0.717) is 38.7 Å². The molecule has 0 aromatic rings. The van der Waals surface area contributed by atoms with Gasteiger partial charge in [-0.25, -0.2) is 13.2 Å². The summed E-state index contributed by atoms with van der Waals surface area (Å²) in [6.45, 7) is 7.77. The lowest BCUT2D eigenvalue weighted by molar-refractivity contribution is 0.0931. The predicted octanol–water partition coefficient (Wildman–Crippen LogP) is 0.831. The number of hydrogen-bond donors (Lipinski definition) is 0. The van der Waals surface area contributed by atoms with Crippen molar-refractivity contribution >= 4 is 15.9 Å². The van der Waals surface area contributed by atoms with Gasteiger partial charge in [-0.2, -0.15) is 0 Å². The third-order valence-electron chi connectivity index (χ3n) is 3.17. The molecule has 0 aromatic carbocycles. The summed E-state index contributed by atoms with van der Waals surface area (Å²) in [6.07, 6.45) is 1.84. The maximum absolute atomic E-state index is 11.9. The average molecular weight is 306 g/mol. The fourth-order valence-electron chi connectivity index (χ4n) is 2.00. The highest BCUT2D eigenvalue weighted by molar-refractivity contribution is 7.90. The van der Waals surface area contributed by atoms with Crippen molar-refractivity contribution in [2.75, 3.05) is 51.3 Å². The predicted molar refractivity (Wildman–Crippen MR) is 78.5 cm³/mol. The van der Waals surface area contributed by atoms with Gasteiger partial charge >= 0.3 is 6.09 Å². The lowest BCUT2D eigenvalue weighted by Crippen LogP contribution is -2.37. The molecule has 0 bridgehead atoms. The molecule has 1 aliphatic heterocycles. The van der Waals surface area contributed by atoms with Crippen LogP contribution in [0.25, 0.3) is 0 Å². The van der Waals surface area contributed by atoms with Crippen molar-refractivity contribution in [1.29, 1.82) is 0 Å². The Hall–Kier alpha value is -0.820. The molecule has 1 amide bonds. The summed E-state index contributed by atoms with van der Waals surface area (Å²) in [7, 11) is -2.93. The summed E-state index contributed by atoms with van der Waals surface area (Å²) < 4.78 is 27.6. The van der Waals surface area contributed by atoms with E-state index in [-0.39, 0.29) is 11.8 Å². The Kier molecular flexibility index (Phi) is 6.75. The van der Waals surface area contributed by atoms with Crippen LogP contribution in [0.3, 0.4) is 0 Å². The number of amides is 1. The zero-order chi connectivity index (χ0) is 15.2. The Morgan fingerprint density at radius 3 is 2.50 bits per heavy atom. The van der Waals surface area contributed by atoms with Gasteiger partial charge in [0.2, 0.25) is 0 Å². The maximum Gasteiger partial charge on any atom is 0.409 e. The summed E-state index contributed by atoms with van der Waals surface area (Å²) in [5.74, 6) is 0.502. The van der Waals surface area contributed by atoms with Gasteiger partial charge in [0.05, 0.1) is 12.4 Å². The zero-order valence-electron chi connectivity index (χ0n) is 12.7. The third-order valence-corrected chi connectivity index (χ3v) is 4.09. The SMILES string of the molecule is CC(C)COC(=O)N1CCCN(CCS(C)(=O)=O)CC1. The molecule has 0 N–H and O–H groups in total. The summed E-state index contributed by atoms with van der Waals surface area (Å²) >= 11 is 0. The summed E-state index contributed by atoms with van der Waals surface area (Å²) in [6, 6.07) is 0. The Morgan fingerprint density at radius 1 is 1.20 bits per heavy atom. The van der Waals surface area contributed by atoms with Crippen LogP contribution in [0.4, 0.5) is 4.79 Å². The summed E-state index contributed by atoms with van der Waals surface area (Å²) in [5.41, 5.74) is 0. The van der Waals surface area contributed by atoms with Crippen molar-refractivity contribution in [2.45, 2.75) is 20.3 Å². The van der Waals surface area contributed by atoms with Gasteiger partial charge in [0.25, 0.3) is 0 Å². The van der Waals surface area contributed by atoms with Crippen molar-refractivity contribution in [3.8, 4) is 0 Å². The molecule has 1 rings (SSSR count). The number of sulfone groups is 1. The van der Waals surface area contributed by atoms with Crippen molar-refractivity contribution in [3.05, 3.63) is 0 Å². The van der Waals surface area contributed by atoms with E-state index in [1.165, 1.54) is 6.26 Å². The van der Waals surface area contributed by atoms with Crippen LogP contribution in [-0.4, -0.2) is 75.7 Å². The minimum absolute atomic E-state index is 0.171. The number of ether oxygens (including phenoxy) is 1. The molecule has 0 radical (unpaired) electrons. The van der Waals surface area contributed by atoms with Crippen molar-refractivity contribution < 1.29 is 17.9 Å². The highest BCUT2D eigenvalue weighted by atomic mass is 32.2. The van der Waals surface area contributed by atoms with Crippen LogP contribution in [-0.2, 0) is 14.6 Å². The maximum atomic E-state index is 11.9. The van der Waals surface area contributed by atoms with Crippen LogP contribution in [0.15, 0.2) is 0 Å². The first-order chi connectivity index (χ1) is 9.28. The normalized spacial score (nSPS) is 18.1. The van der Waals surface area contributed by atoms with Gasteiger partial charge < -0.3 is 14.5 Å². The highest BCUT2D eigenvalue weighted by Gasteiger charge is 2.20. The Balaban J connectivity index is 2.37. The molecule has 0 unspecified atom stereocenters. The molecule has 0 saturated carbocycles. The molecule has 1 fully saturated rings. The molecule has 7 heteroatoms. The van der Waals surface area contributed by atoms with E-state index in [9.17, 15) is 13.2 Å². The lowest BCUT2D eigenvalue weighted by Gasteiger charge is -2.21. The Morgan fingerprint density at radius 2 is 1.90 bits per heavy atom. The van der Waals surface area contributed by atoms with Crippen molar-refractivity contribution in [2.24, 2.45) is 5.92 Å². The number of nitrogens with zero attached hydrogens (tertiary/aromatic N) is 2. The Bertz CT molecular complexity index is 409. The van der Waals surface area contributed by atoms with Crippen molar-refractivity contribution in [3.63, 3.8) is 0 Å². The molecule has 0 atom stereocenters. The summed E-state index contributed by atoms with van der Waals surface area (Å²) in [4.78, 5) is 15.7. The molecular formula is C13H26N2O4S. The minimum Gasteiger partial charge on any atom is -0.449 e. The van der Waals surface area contributed by atoms with E-state index in [1.807, 2.05) is 13.8 Å². The fraction of sp³-hybridized carbons (Fsp3) is 0.923. The quantitative estimate of drug-likeness (QED) is 0.753. The second-order valence-electron chi connectivity index (χ2n) is 5.78. The van der Waals surface area contributed by atoms with Crippen LogP contribution in [0.1, 0.15) is 20.3 Å².